The molecule has 0 amide bonds. The van der Waals surface area contributed by atoms with Crippen molar-refractivity contribution >= 4 is 11.6 Å². The third kappa shape index (κ3) is 3.14. The predicted octanol–water partition coefficient (Wildman–Crippen LogP) is 4.46. The molecular formula is C17H24ClN3. The Morgan fingerprint density at radius 1 is 1.19 bits per heavy atom. The molecule has 3 nitrogen and oxygen atoms in total. The van der Waals surface area contributed by atoms with Crippen LogP contribution >= 0.6 is 11.6 Å². The van der Waals surface area contributed by atoms with E-state index in [-0.39, 0.29) is 17.5 Å². The second-order valence-electron chi connectivity index (χ2n) is 6.73. The minimum absolute atomic E-state index is 0.0311. The van der Waals surface area contributed by atoms with Gasteiger partial charge in [0.25, 0.3) is 0 Å². The number of benzene rings is 1. The quantitative estimate of drug-likeness (QED) is 0.909. The molecule has 0 spiro atoms. The molecule has 21 heavy (non-hydrogen) atoms. The predicted molar refractivity (Wildman–Crippen MR) is 88.8 cm³/mol. The van der Waals surface area contributed by atoms with Gasteiger partial charge in [0.15, 0.2) is 0 Å². The molecule has 0 saturated heterocycles. The van der Waals surface area contributed by atoms with Crippen LogP contribution in [0.15, 0.2) is 30.5 Å². The van der Waals surface area contributed by atoms with Crippen LogP contribution in [-0.2, 0) is 5.41 Å². The van der Waals surface area contributed by atoms with Gasteiger partial charge >= 0.3 is 0 Å². The van der Waals surface area contributed by atoms with Crippen molar-refractivity contribution in [3.8, 4) is 0 Å². The third-order valence-electron chi connectivity index (χ3n) is 3.67. The maximum Gasteiger partial charge on any atom is 0.0837 e. The average Bonchev–Trinajstić information content (AvgIpc) is 2.79. The van der Waals surface area contributed by atoms with Crippen molar-refractivity contribution < 1.29 is 0 Å². The summed E-state index contributed by atoms with van der Waals surface area (Å²) >= 11 is 6.34. The van der Waals surface area contributed by atoms with Crippen LogP contribution < -0.4 is 5.73 Å². The molecule has 0 saturated carbocycles. The van der Waals surface area contributed by atoms with E-state index < -0.39 is 0 Å². The Bertz CT molecular complexity index is 623. The van der Waals surface area contributed by atoms with Crippen LogP contribution in [0, 0.1) is 0 Å². The SMILES string of the molecule is CC(C)n1ncc(Cl)c1C(N)c1ccccc1C(C)(C)C. The van der Waals surface area contributed by atoms with E-state index in [1.165, 1.54) is 5.56 Å². The van der Waals surface area contributed by atoms with Crippen LogP contribution in [0.4, 0.5) is 0 Å². The lowest BCUT2D eigenvalue weighted by atomic mass is 9.81. The van der Waals surface area contributed by atoms with Crippen molar-refractivity contribution in [2.75, 3.05) is 0 Å². The lowest BCUT2D eigenvalue weighted by Gasteiger charge is -2.26. The van der Waals surface area contributed by atoms with Crippen LogP contribution in [0.1, 0.15) is 63.5 Å². The fourth-order valence-corrected chi connectivity index (χ4v) is 2.90. The van der Waals surface area contributed by atoms with Gasteiger partial charge in [-0.3, -0.25) is 4.68 Å². The summed E-state index contributed by atoms with van der Waals surface area (Å²) in [5.41, 5.74) is 9.81. The van der Waals surface area contributed by atoms with Gasteiger partial charge in [-0.1, -0.05) is 56.6 Å². The van der Waals surface area contributed by atoms with Gasteiger partial charge in [-0.05, 0) is 30.4 Å². The maximum absolute atomic E-state index is 6.55. The van der Waals surface area contributed by atoms with Gasteiger partial charge in [-0.25, -0.2) is 0 Å². The number of rotatable bonds is 3. The van der Waals surface area contributed by atoms with E-state index in [1.807, 2.05) is 10.7 Å². The van der Waals surface area contributed by atoms with Crippen LogP contribution in [0.2, 0.25) is 5.02 Å². The van der Waals surface area contributed by atoms with Crippen molar-refractivity contribution in [1.29, 1.82) is 0 Å². The molecule has 0 aliphatic rings. The van der Waals surface area contributed by atoms with E-state index in [1.54, 1.807) is 6.20 Å². The number of nitrogens with zero attached hydrogens (tertiary/aromatic N) is 2. The lowest BCUT2D eigenvalue weighted by Crippen LogP contribution is -2.23. The number of halogens is 1. The van der Waals surface area contributed by atoms with Crippen molar-refractivity contribution in [3.05, 3.63) is 52.3 Å². The molecule has 1 aromatic heterocycles. The zero-order chi connectivity index (χ0) is 15.8. The topological polar surface area (TPSA) is 43.8 Å². The van der Waals surface area contributed by atoms with Gasteiger partial charge in [-0.2, -0.15) is 5.10 Å². The average molecular weight is 306 g/mol. The third-order valence-corrected chi connectivity index (χ3v) is 3.97. The van der Waals surface area contributed by atoms with E-state index in [0.29, 0.717) is 5.02 Å². The molecule has 2 aromatic rings. The van der Waals surface area contributed by atoms with Gasteiger partial charge in [0.2, 0.25) is 0 Å². The maximum atomic E-state index is 6.55. The first kappa shape index (κ1) is 16.1. The largest absolute Gasteiger partial charge is 0.319 e. The van der Waals surface area contributed by atoms with Crippen molar-refractivity contribution in [1.82, 2.24) is 9.78 Å². The summed E-state index contributed by atoms with van der Waals surface area (Å²) in [5, 5.41) is 4.98. The van der Waals surface area contributed by atoms with E-state index in [9.17, 15) is 0 Å². The summed E-state index contributed by atoms with van der Waals surface area (Å²) in [6.45, 7) is 10.7. The van der Waals surface area contributed by atoms with E-state index >= 15 is 0 Å². The minimum Gasteiger partial charge on any atom is -0.319 e. The fourth-order valence-electron chi connectivity index (χ4n) is 2.65. The summed E-state index contributed by atoms with van der Waals surface area (Å²) < 4.78 is 1.91. The second-order valence-corrected chi connectivity index (χ2v) is 7.14. The molecule has 0 aliphatic carbocycles. The molecule has 1 heterocycles. The molecule has 1 atom stereocenters. The van der Waals surface area contributed by atoms with E-state index in [2.05, 4.69) is 57.9 Å². The molecule has 0 aliphatic heterocycles. The van der Waals surface area contributed by atoms with Crippen LogP contribution in [0.25, 0.3) is 0 Å². The summed E-state index contributed by atoms with van der Waals surface area (Å²) in [6, 6.07) is 8.24. The first-order valence-corrected chi connectivity index (χ1v) is 7.69. The molecule has 0 fully saturated rings. The standard InChI is InChI=1S/C17H24ClN3/c1-11(2)21-16(14(18)10-20-21)15(19)12-8-6-7-9-13(12)17(3,4)5/h6-11,15H,19H2,1-5H3. The number of hydrogen-bond acceptors (Lipinski definition) is 2. The highest BCUT2D eigenvalue weighted by Gasteiger charge is 2.25. The number of aromatic nitrogens is 2. The summed E-state index contributed by atoms with van der Waals surface area (Å²) in [5.74, 6) is 0. The molecule has 1 aromatic carbocycles. The number of nitrogens with two attached hydrogens (primary N) is 1. The Kier molecular flexibility index (Phi) is 4.45. The highest BCUT2D eigenvalue weighted by Crippen LogP contribution is 2.34. The summed E-state index contributed by atoms with van der Waals surface area (Å²) in [7, 11) is 0. The molecular weight excluding hydrogens is 282 g/mol. The van der Waals surface area contributed by atoms with Crippen molar-refractivity contribution in [2.24, 2.45) is 5.73 Å². The van der Waals surface area contributed by atoms with Crippen molar-refractivity contribution in [3.63, 3.8) is 0 Å². The molecule has 0 bridgehead atoms. The highest BCUT2D eigenvalue weighted by molar-refractivity contribution is 6.31. The van der Waals surface area contributed by atoms with E-state index in [0.717, 1.165) is 11.3 Å². The van der Waals surface area contributed by atoms with Gasteiger partial charge < -0.3 is 5.73 Å². The Morgan fingerprint density at radius 2 is 1.81 bits per heavy atom. The zero-order valence-electron chi connectivity index (χ0n) is 13.4. The smallest absolute Gasteiger partial charge is 0.0837 e. The Hall–Kier alpha value is -1.32. The van der Waals surface area contributed by atoms with Gasteiger partial charge in [0.1, 0.15) is 0 Å². The Morgan fingerprint density at radius 3 is 2.38 bits per heavy atom. The van der Waals surface area contributed by atoms with Crippen LogP contribution in [-0.4, -0.2) is 9.78 Å². The van der Waals surface area contributed by atoms with E-state index in [4.69, 9.17) is 17.3 Å². The zero-order valence-corrected chi connectivity index (χ0v) is 14.1. The molecule has 1 unspecified atom stereocenters. The fraction of sp³-hybridized carbons (Fsp3) is 0.471. The molecule has 0 radical (unpaired) electrons. The monoisotopic (exact) mass is 305 g/mol. The van der Waals surface area contributed by atoms with Gasteiger partial charge in [0.05, 0.1) is 23.0 Å². The van der Waals surface area contributed by atoms with Crippen molar-refractivity contribution in [2.45, 2.75) is 52.1 Å². The first-order chi connectivity index (χ1) is 9.73. The molecule has 2 rings (SSSR count). The summed E-state index contributed by atoms with van der Waals surface area (Å²) in [6.07, 6.45) is 1.68. The first-order valence-electron chi connectivity index (χ1n) is 7.31. The highest BCUT2D eigenvalue weighted by atomic mass is 35.5. The van der Waals surface area contributed by atoms with Gasteiger partial charge in [0, 0.05) is 6.04 Å². The van der Waals surface area contributed by atoms with Crippen LogP contribution in [0.3, 0.4) is 0 Å². The Labute approximate surface area is 132 Å². The normalized spacial score (nSPS) is 13.7. The molecule has 4 heteroatoms. The molecule has 114 valence electrons. The summed E-state index contributed by atoms with van der Waals surface area (Å²) in [4.78, 5) is 0. The van der Waals surface area contributed by atoms with Gasteiger partial charge in [-0.15, -0.1) is 0 Å². The molecule has 2 N–H and O–H groups in total. The van der Waals surface area contributed by atoms with Crippen LogP contribution in [0.5, 0.6) is 0 Å². The minimum atomic E-state index is -0.280. The Balaban J connectivity index is 2.56. The second kappa shape index (κ2) is 5.82. The lowest BCUT2D eigenvalue weighted by molar-refractivity contribution is 0.496. The number of hydrogen-bond donors (Lipinski definition) is 1.